The number of nitrogens with zero attached hydrogens (tertiary/aromatic N) is 1. The van der Waals surface area contributed by atoms with Crippen molar-refractivity contribution in [2.24, 2.45) is 0 Å². The molecule has 1 N–H and O–H groups in total. The van der Waals surface area contributed by atoms with Crippen LogP contribution in [0.5, 0.6) is 5.75 Å². The summed E-state index contributed by atoms with van der Waals surface area (Å²) < 4.78 is 5.59. The average Bonchev–Trinajstić information content (AvgIpc) is 2.41. The Kier molecular flexibility index (Phi) is 5.87. The van der Waals surface area contributed by atoms with Crippen molar-refractivity contribution in [1.82, 2.24) is 5.32 Å². The van der Waals surface area contributed by atoms with Crippen LogP contribution in [0.25, 0.3) is 0 Å². The molecule has 0 aliphatic heterocycles. The van der Waals surface area contributed by atoms with Crippen molar-refractivity contribution in [2.75, 3.05) is 6.61 Å². The quantitative estimate of drug-likeness (QED) is 0.854. The van der Waals surface area contributed by atoms with Gasteiger partial charge in [0.05, 0.1) is 19.1 Å². The largest absolute Gasteiger partial charge is 0.493 e. The van der Waals surface area contributed by atoms with Gasteiger partial charge in [0.1, 0.15) is 11.8 Å². The molecule has 0 spiro atoms. The first kappa shape index (κ1) is 15.0. The van der Waals surface area contributed by atoms with Crippen molar-refractivity contribution in [2.45, 2.75) is 39.7 Å². The first-order valence-electron chi connectivity index (χ1n) is 6.46. The minimum atomic E-state index is -0.409. The fourth-order valence-corrected chi connectivity index (χ4v) is 1.63. The molecular formula is C15H20N2O2. The third kappa shape index (κ3) is 4.63. The van der Waals surface area contributed by atoms with Gasteiger partial charge < -0.3 is 10.1 Å². The summed E-state index contributed by atoms with van der Waals surface area (Å²) in [4.78, 5) is 11.6. The Morgan fingerprint density at radius 2 is 2.21 bits per heavy atom. The zero-order valence-electron chi connectivity index (χ0n) is 11.7. The van der Waals surface area contributed by atoms with Crippen molar-refractivity contribution in [3.63, 3.8) is 0 Å². The van der Waals surface area contributed by atoms with Crippen molar-refractivity contribution in [1.29, 1.82) is 5.26 Å². The van der Waals surface area contributed by atoms with E-state index in [2.05, 4.69) is 5.32 Å². The zero-order chi connectivity index (χ0) is 14.3. The molecule has 102 valence electrons. The van der Waals surface area contributed by atoms with Gasteiger partial charge in [-0.1, -0.05) is 19.1 Å². The maximum absolute atomic E-state index is 11.6. The molecule has 4 nitrogen and oxygen atoms in total. The molecular weight excluding hydrogens is 240 g/mol. The zero-order valence-corrected chi connectivity index (χ0v) is 11.7. The summed E-state index contributed by atoms with van der Waals surface area (Å²) in [6.45, 7) is 6.19. The third-order valence-electron chi connectivity index (χ3n) is 3.04. The highest BCUT2D eigenvalue weighted by atomic mass is 16.5. The molecule has 0 aliphatic carbocycles. The number of hydrogen-bond donors (Lipinski definition) is 1. The molecule has 0 saturated carbocycles. The first-order valence-corrected chi connectivity index (χ1v) is 6.46. The molecule has 1 amide bonds. The third-order valence-corrected chi connectivity index (χ3v) is 3.04. The van der Waals surface area contributed by atoms with Crippen LogP contribution in [0.2, 0.25) is 0 Å². The second-order valence-corrected chi connectivity index (χ2v) is 4.45. The number of amides is 1. The molecule has 1 aromatic rings. The monoisotopic (exact) mass is 260 g/mol. The number of nitriles is 1. The van der Waals surface area contributed by atoms with E-state index < -0.39 is 6.04 Å². The van der Waals surface area contributed by atoms with Crippen LogP contribution in [-0.4, -0.2) is 18.6 Å². The van der Waals surface area contributed by atoms with Gasteiger partial charge in [-0.2, -0.15) is 5.26 Å². The predicted molar refractivity (Wildman–Crippen MR) is 73.9 cm³/mol. The molecule has 0 unspecified atom stereocenters. The van der Waals surface area contributed by atoms with Gasteiger partial charge in [-0.3, -0.25) is 4.79 Å². The van der Waals surface area contributed by atoms with Crippen LogP contribution in [0.4, 0.5) is 0 Å². The minimum Gasteiger partial charge on any atom is -0.493 e. The summed E-state index contributed by atoms with van der Waals surface area (Å²) >= 11 is 0. The van der Waals surface area contributed by atoms with E-state index >= 15 is 0 Å². The fourth-order valence-electron chi connectivity index (χ4n) is 1.63. The van der Waals surface area contributed by atoms with E-state index in [9.17, 15) is 4.79 Å². The number of hydrogen-bond acceptors (Lipinski definition) is 3. The molecule has 0 radical (unpaired) electrons. The molecule has 0 aliphatic rings. The summed E-state index contributed by atoms with van der Waals surface area (Å²) in [6, 6.07) is 7.47. The second-order valence-electron chi connectivity index (χ2n) is 4.45. The molecule has 1 rings (SSSR count). The molecule has 0 saturated heterocycles. The van der Waals surface area contributed by atoms with E-state index in [1.165, 1.54) is 0 Å². The van der Waals surface area contributed by atoms with Crippen LogP contribution in [0.1, 0.15) is 30.9 Å². The highest BCUT2D eigenvalue weighted by Gasteiger charge is 2.09. The molecule has 1 aromatic carbocycles. The molecule has 0 heterocycles. The Morgan fingerprint density at radius 1 is 1.47 bits per heavy atom. The molecule has 1 atom stereocenters. The Morgan fingerprint density at radius 3 is 2.84 bits per heavy atom. The van der Waals surface area contributed by atoms with Crippen LogP contribution < -0.4 is 10.1 Å². The van der Waals surface area contributed by atoms with Gasteiger partial charge in [-0.05, 0) is 37.5 Å². The lowest BCUT2D eigenvalue weighted by Gasteiger charge is -2.12. The topological polar surface area (TPSA) is 62.1 Å². The molecule has 0 aromatic heterocycles. The molecule has 0 bridgehead atoms. The van der Waals surface area contributed by atoms with Gasteiger partial charge in [-0.15, -0.1) is 0 Å². The van der Waals surface area contributed by atoms with E-state index in [4.69, 9.17) is 10.00 Å². The molecule has 0 fully saturated rings. The maximum Gasteiger partial charge on any atom is 0.224 e. The van der Waals surface area contributed by atoms with E-state index in [1.807, 2.05) is 45.0 Å². The predicted octanol–water partition coefficient (Wildman–Crippen LogP) is 2.49. The fraction of sp³-hybridized carbons (Fsp3) is 0.467. The lowest BCUT2D eigenvalue weighted by molar-refractivity contribution is -0.121. The standard InChI is InChI=1S/C15H20N2O2/c1-4-13(10-16)17-15(18)8-9-19-14-7-5-6-11(2)12(14)3/h5-7,13H,4,8-9H2,1-3H3,(H,17,18)/t13-/m0/s1. The first-order chi connectivity index (χ1) is 9.08. The SMILES string of the molecule is CC[C@@H](C#N)NC(=O)CCOc1cccc(C)c1C. The van der Waals surface area contributed by atoms with E-state index in [0.29, 0.717) is 13.0 Å². The Balaban J connectivity index is 2.40. The van der Waals surface area contributed by atoms with Crippen molar-refractivity contribution >= 4 is 5.91 Å². The molecule has 4 heteroatoms. The number of ether oxygens (including phenoxy) is 1. The summed E-state index contributed by atoms with van der Waals surface area (Å²) in [7, 11) is 0. The maximum atomic E-state index is 11.6. The lowest BCUT2D eigenvalue weighted by atomic mass is 10.1. The summed E-state index contributed by atoms with van der Waals surface area (Å²) in [5, 5.41) is 11.4. The van der Waals surface area contributed by atoms with Gasteiger partial charge in [0.25, 0.3) is 0 Å². The lowest BCUT2D eigenvalue weighted by Crippen LogP contribution is -2.33. The van der Waals surface area contributed by atoms with E-state index in [0.717, 1.165) is 16.9 Å². The summed E-state index contributed by atoms with van der Waals surface area (Å²) in [5.74, 6) is 0.652. The average molecular weight is 260 g/mol. The van der Waals surface area contributed by atoms with Crippen LogP contribution in [0.3, 0.4) is 0 Å². The number of carbonyl (C=O) groups excluding carboxylic acids is 1. The number of benzene rings is 1. The van der Waals surface area contributed by atoms with Crippen LogP contribution in [0, 0.1) is 25.2 Å². The van der Waals surface area contributed by atoms with Gasteiger partial charge >= 0.3 is 0 Å². The van der Waals surface area contributed by atoms with E-state index in [-0.39, 0.29) is 12.3 Å². The minimum absolute atomic E-state index is 0.154. The van der Waals surface area contributed by atoms with Crippen molar-refractivity contribution in [3.05, 3.63) is 29.3 Å². The van der Waals surface area contributed by atoms with E-state index in [1.54, 1.807) is 0 Å². The van der Waals surface area contributed by atoms with Gasteiger partial charge in [0.2, 0.25) is 5.91 Å². The Bertz CT molecular complexity index is 478. The van der Waals surface area contributed by atoms with Crippen molar-refractivity contribution in [3.8, 4) is 11.8 Å². The Labute approximate surface area is 114 Å². The smallest absolute Gasteiger partial charge is 0.224 e. The van der Waals surface area contributed by atoms with Gasteiger partial charge in [0.15, 0.2) is 0 Å². The summed E-state index contributed by atoms with van der Waals surface area (Å²) in [6.07, 6.45) is 0.867. The number of carbonyl (C=O) groups is 1. The normalized spacial score (nSPS) is 11.5. The highest BCUT2D eigenvalue weighted by Crippen LogP contribution is 2.20. The molecule has 19 heavy (non-hydrogen) atoms. The van der Waals surface area contributed by atoms with Crippen molar-refractivity contribution < 1.29 is 9.53 Å². The van der Waals surface area contributed by atoms with Gasteiger partial charge in [-0.25, -0.2) is 0 Å². The van der Waals surface area contributed by atoms with Crippen LogP contribution in [0.15, 0.2) is 18.2 Å². The summed E-state index contributed by atoms with van der Waals surface area (Å²) in [5.41, 5.74) is 2.25. The number of aryl methyl sites for hydroxylation is 1. The highest BCUT2D eigenvalue weighted by molar-refractivity contribution is 5.76. The van der Waals surface area contributed by atoms with Crippen LogP contribution >= 0.6 is 0 Å². The van der Waals surface area contributed by atoms with Crippen LogP contribution in [-0.2, 0) is 4.79 Å². The van der Waals surface area contributed by atoms with Gasteiger partial charge in [0, 0.05) is 0 Å². The second kappa shape index (κ2) is 7.42. The Hall–Kier alpha value is -2.02. The number of rotatable bonds is 6. The number of nitrogens with one attached hydrogen (secondary N) is 1.